The van der Waals surface area contributed by atoms with Gasteiger partial charge in [-0.15, -0.1) is 23.1 Å². The molecule has 1 spiro atoms. The molecular formula is C12H17NS2. The highest BCUT2D eigenvalue weighted by atomic mass is 32.2. The molecule has 0 saturated carbocycles. The Morgan fingerprint density at radius 2 is 2.47 bits per heavy atom. The van der Waals surface area contributed by atoms with Crippen LogP contribution >= 0.6 is 23.1 Å². The van der Waals surface area contributed by atoms with Gasteiger partial charge in [-0.05, 0) is 55.4 Å². The van der Waals surface area contributed by atoms with Gasteiger partial charge in [-0.3, -0.25) is 5.32 Å². The second-order valence-corrected chi connectivity index (χ2v) is 7.02. The SMILES string of the molecule is CC1CCSC2(CCCc3sccc32)N1. The van der Waals surface area contributed by atoms with Gasteiger partial charge in [-0.1, -0.05) is 0 Å². The highest BCUT2D eigenvalue weighted by molar-refractivity contribution is 8.00. The molecule has 82 valence electrons. The van der Waals surface area contributed by atoms with Crippen molar-refractivity contribution in [3.63, 3.8) is 0 Å². The molecular weight excluding hydrogens is 222 g/mol. The summed E-state index contributed by atoms with van der Waals surface area (Å²) in [4.78, 5) is 1.89. The molecule has 1 aliphatic carbocycles. The Hall–Kier alpha value is 0.01000. The molecule has 0 amide bonds. The zero-order valence-corrected chi connectivity index (χ0v) is 10.7. The van der Waals surface area contributed by atoms with Crippen LogP contribution in [-0.4, -0.2) is 11.8 Å². The third kappa shape index (κ3) is 1.65. The van der Waals surface area contributed by atoms with Crippen LogP contribution in [0.2, 0.25) is 0 Å². The van der Waals surface area contributed by atoms with Crippen LogP contribution < -0.4 is 5.32 Å². The molecule has 2 aliphatic rings. The van der Waals surface area contributed by atoms with Gasteiger partial charge in [-0.25, -0.2) is 0 Å². The Morgan fingerprint density at radius 1 is 1.53 bits per heavy atom. The first-order valence-electron chi connectivity index (χ1n) is 5.79. The fraction of sp³-hybridized carbons (Fsp3) is 0.667. The topological polar surface area (TPSA) is 12.0 Å². The van der Waals surface area contributed by atoms with Crippen molar-refractivity contribution in [1.82, 2.24) is 5.32 Å². The fourth-order valence-corrected chi connectivity index (χ4v) is 5.55. The molecule has 1 saturated heterocycles. The molecule has 2 heterocycles. The summed E-state index contributed by atoms with van der Waals surface area (Å²) in [5, 5.41) is 6.11. The van der Waals surface area contributed by atoms with Gasteiger partial charge in [0.15, 0.2) is 0 Å². The number of aryl methyl sites for hydroxylation is 1. The summed E-state index contributed by atoms with van der Waals surface area (Å²) >= 11 is 4.07. The van der Waals surface area contributed by atoms with Crippen molar-refractivity contribution in [1.29, 1.82) is 0 Å². The van der Waals surface area contributed by atoms with Gasteiger partial charge in [0.05, 0.1) is 4.87 Å². The molecule has 2 atom stereocenters. The van der Waals surface area contributed by atoms with Crippen LogP contribution in [0, 0.1) is 0 Å². The Kier molecular flexibility index (Phi) is 2.57. The van der Waals surface area contributed by atoms with Gasteiger partial charge in [0.2, 0.25) is 0 Å². The van der Waals surface area contributed by atoms with Crippen molar-refractivity contribution in [2.75, 3.05) is 5.75 Å². The molecule has 1 nitrogen and oxygen atoms in total. The highest BCUT2D eigenvalue weighted by Crippen LogP contribution is 2.47. The van der Waals surface area contributed by atoms with Gasteiger partial charge >= 0.3 is 0 Å². The minimum Gasteiger partial charge on any atom is -0.296 e. The van der Waals surface area contributed by atoms with Crippen LogP contribution in [0.4, 0.5) is 0 Å². The van der Waals surface area contributed by atoms with Crippen molar-refractivity contribution in [3.05, 3.63) is 21.9 Å². The zero-order chi connectivity index (χ0) is 10.3. The van der Waals surface area contributed by atoms with E-state index in [9.17, 15) is 0 Å². The molecule has 1 N–H and O–H groups in total. The van der Waals surface area contributed by atoms with E-state index in [-0.39, 0.29) is 4.87 Å². The number of fused-ring (bicyclic) bond motifs is 2. The third-order valence-corrected chi connectivity index (χ3v) is 5.95. The van der Waals surface area contributed by atoms with E-state index in [4.69, 9.17) is 0 Å². The molecule has 2 unspecified atom stereocenters. The van der Waals surface area contributed by atoms with E-state index >= 15 is 0 Å². The van der Waals surface area contributed by atoms with E-state index < -0.39 is 0 Å². The molecule has 3 heteroatoms. The summed E-state index contributed by atoms with van der Waals surface area (Å²) < 4.78 is 0. The lowest BCUT2D eigenvalue weighted by atomic mass is 9.92. The van der Waals surface area contributed by atoms with Gasteiger partial charge in [0.1, 0.15) is 0 Å². The lowest BCUT2D eigenvalue weighted by Crippen LogP contribution is -2.49. The summed E-state index contributed by atoms with van der Waals surface area (Å²) in [6, 6.07) is 3.02. The van der Waals surface area contributed by atoms with Crippen molar-refractivity contribution in [3.8, 4) is 0 Å². The molecule has 1 aromatic rings. The summed E-state index contributed by atoms with van der Waals surface area (Å²) in [6.07, 6.45) is 5.27. The van der Waals surface area contributed by atoms with Crippen LogP contribution in [0.3, 0.4) is 0 Å². The van der Waals surface area contributed by atoms with Crippen LogP contribution in [0.25, 0.3) is 0 Å². The average molecular weight is 239 g/mol. The summed E-state index contributed by atoms with van der Waals surface area (Å²) in [5.74, 6) is 1.31. The van der Waals surface area contributed by atoms with Crippen LogP contribution in [0.5, 0.6) is 0 Å². The van der Waals surface area contributed by atoms with E-state index in [1.165, 1.54) is 31.4 Å². The largest absolute Gasteiger partial charge is 0.296 e. The number of hydrogen-bond acceptors (Lipinski definition) is 3. The van der Waals surface area contributed by atoms with E-state index in [1.54, 1.807) is 10.4 Å². The maximum atomic E-state index is 3.84. The van der Waals surface area contributed by atoms with Crippen molar-refractivity contribution < 1.29 is 0 Å². The highest BCUT2D eigenvalue weighted by Gasteiger charge is 2.40. The summed E-state index contributed by atoms with van der Waals surface area (Å²) in [5.41, 5.74) is 1.59. The number of nitrogens with one attached hydrogen (secondary N) is 1. The maximum absolute atomic E-state index is 3.84. The second-order valence-electron chi connectivity index (χ2n) is 4.62. The summed E-state index contributed by atoms with van der Waals surface area (Å²) in [7, 11) is 0. The van der Waals surface area contributed by atoms with Crippen molar-refractivity contribution in [2.45, 2.75) is 43.5 Å². The predicted molar refractivity (Wildman–Crippen MR) is 68.6 cm³/mol. The molecule has 0 radical (unpaired) electrons. The van der Waals surface area contributed by atoms with Crippen LogP contribution in [0.15, 0.2) is 11.4 Å². The third-order valence-electron chi connectivity index (χ3n) is 3.49. The van der Waals surface area contributed by atoms with Gasteiger partial charge in [0.25, 0.3) is 0 Å². The van der Waals surface area contributed by atoms with Gasteiger partial charge < -0.3 is 0 Å². The van der Waals surface area contributed by atoms with Crippen molar-refractivity contribution in [2.24, 2.45) is 0 Å². The standard InChI is InChI=1S/C12H17NS2/c1-9-4-8-15-12(13-9)6-2-3-11-10(12)5-7-14-11/h5,7,9,13H,2-4,6,8H2,1H3. The average Bonchev–Trinajstić information content (AvgIpc) is 2.67. The maximum Gasteiger partial charge on any atom is 0.0914 e. The number of thioether (sulfide) groups is 1. The molecule has 15 heavy (non-hydrogen) atoms. The van der Waals surface area contributed by atoms with Gasteiger partial charge in [0, 0.05) is 10.9 Å². The first-order chi connectivity index (χ1) is 7.30. The number of hydrogen-bond donors (Lipinski definition) is 1. The minimum absolute atomic E-state index is 0.269. The monoisotopic (exact) mass is 239 g/mol. The Morgan fingerprint density at radius 3 is 3.33 bits per heavy atom. The Bertz CT molecular complexity index is 360. The smallest absolute Gasteiger partial charge is 0.0914 e. The molecule has 3 rings (SSSR count). The number of thiophene rings is 1. The normalized spacial score (nSPS) is 35.4. The first kappa shape index (κ1) is 10.2. The molecule has 0 aromatic carbocycles. The first-order valence-corrected chi connectivity index (χ1v) is 7.65. The fourth-order valence-electron chi connectivity index (χ4n) is 2.75. The molecule has 1 fully saturated rings. The van der Waals surface area contributed by atoms with Crippen LogP contribution in [-0.2, 0) is 11.3 Å². The van der Waals surface area contributed by atoms with Crippen LogP contribution in [0.1, 0.15) is 36.6 Å². The predicted octanol–water partition coefficient (Wildman–Crippen LogP) is 3.35. The van der Waals surface area contributed by atoms with E-state index in [1.807, 2.05) is 11.3 Å². The van der Waals surface area contributed by atoms with Crippen molar-refractivity contribution >= 4 is 23.1 Å². The zero-order valence-electron chi connectivity index (χ0n) is 9.08. The quantitative estimate of drug-likeness (QED) is 0.745. The molecule has 1 aliphatic heterocycles. The Balaban J connectivity index is 1.99. The van der Waals surface area contributed by atoms with E-state index in [0.717, 1.165) is 0 Å². The molecule has 0 bridgehead atoms. The lowest BCUT2D eigenvalue weighted by molar-refractivity contribution is 0.355. The minimum atomic E-state index is 0.269. The summed E-state index contributed by atoms with van der Waals surface area (Å²) in [6.45, 7) is 2.32. The number of rotatable bonds is 0. The molecule has 1 aromatic heterocycles. The van der Waals surface area contributed by atoms with E-state index in [2.05, 4.69) is 35.4 Å². The lowest BCUT2D eigenvalue weighted by Gasteiger charge is -2.43. The Labute approximate surface area is 99.7 Å². The second kappa shape index (κ2) is 3.79. The van der Waals surface area contributed by atoms with E-state index in [0.29, 0.717) is 6.04 Å². The van der Waals surface area contributed by atoms with Gasteiger partial charge in [-0.2, -0.15) is 0 Å².